The number of piperidine rings is 1. The predicted molar refractivity (Wildman–Crippen MR) is 125 cm³/mol. The van der Waals surface area contributed by atoms with Crippen molar-refractivity contribution in [2.75, 3.05) is 46.9 Å². The third-order valence-electron chi connectivity index (χ3n) is 5.45. The average Bonchev–Trinajstić information content (AvgIpc) is 2.76. The van der Waals surface area contributed by atoms with Gasteiger partial charge in [0.2, 0.25) is 0 Å². The molecule has 0 N–H and O–H groups in total. The molecule has 4 heteroatoms. The molecule has 158 valence electrons. The summed E-state index contributed by atoms with van der Waals surface area (Å²) in [5.74, 6) is 0.989. The van der Waals surface area contributed by atoms with Crippen molar-refractivity contribution in [3.8, 4) is 5.75 Å². The zero-order chi connectivity index (χ0) is 20.3. The molecule has 0 saturated carbocycles. The summed E-state index contributed by atoms with van der Waals surface area (Å²) in [6, 6.07) is 19.5. The van der Waals surface area contributed by atoms with Crippen LogP contribution in [-0.4, -0.2) is 56.7 Å². The van der Waals surface area contributed by atoms with Crippen LogP contribution < -0.4 is 4.74 Å². The van der Waals surface area contributed by atoms with Crippen molar-refractivity contribution in [3.05, 3.63) is 60.2 Å². The Balaban J connectivity index is 1.50. The van der Waals surface area contributed by atoms with Crippen molar-refractivity contribution in [1.82, 2.24) is 9.80 Å². The van der Waals surface area contributed by atoms with Gasteiger partial charge in [-0.15, -0.1) is 11.8 Å². The SMILES string of the molecule is CN(C)CCC(Sc1ccccc1)c1ccc(OCCCN2CCCCC2)cc1. The fourth-order valence-corrected chi connectivity index (χ4v) is 4.93. The highest BCUT2D eigenvalue weighted by Gasteiger charge is 2.14. The highest BCUT2D eigenvalue weighted by Crippen LogP contribution is 2.38. The smallest absolute Gasteiger partial charge is 0.119 e. The summed E-state index contributed by atoms with van der Waals surface area (Å²) in [7, 11) is 4.29. The van der Waals surface area contributed by atoms with Crippen molar-refractivity contribution in [2.24, 2.45) is 0 Å². The molecule has 1 atom stereocenters. The van der Waals surface area contributed by atoms with Crippen LogP contribution in [0.4, 0.5) is 0 Å². The second-order valence-electron chi connectivity index (χ2n) is 8.18. The second kappa shape index (κ2) is 12.3. The topological polar surface area (TPSA) is 15.7 Å². The first-order chi connectivity index (χ1) is 14.2. The van der Waals surface area contributed by atoms with Gasteiger partial charge in [-0.05, 0) is 89.2 Å². The van der Waals surface area contributed by atoms with Gasteiger partial charge in [0.1, 0.15) is 5.75 Å². The third kappa shape index (κ3) is 8.04. The van der Waals surface area contributed by atoms with Crippen LogP contribution in [0.5, 0.6) is 5.75 Å². The maximum atomic E-state index is 6.01. The van der Waals surface area contributed by atoms with Crippen LogP contribution >= 0.6 is 11.8 Å². The lowest BCUT2D eigenvalue weighted by atomic mass is 10.1. The minimum atomic E-state index is 0.452. The summed E-state index contributed by atoms with van der Waals surface area (Å²) in [6.07, 6.45) is 6.35. The molecule has 1 aliphatic heterocycles. The van der Waals surface area contributed by atoms with Gasteiger partial charge in [-0.1, -0.05) is 36.8 Å². The first kappa shape index (κ1) is 22.2. The van der Waals surface area contributed by atoms with E-state index in [0.717, 1.165) is 31.7 Å². The zero-order valence-corrected chi connectivity index (χ0v) is 18.9. The molecule has 1 aliphatic rings. The van der Waals surface area contributed by atoms with E-state index in [1.165, 1.54) is 49.4 Å². The number of likely N-dealkylation sites (tertiary alicyclic amines) is 1. The van der Waals surface area contributed by atoms with Crippen LogP contribution in [-0.2, 0) is 0 Å². The van der Waals surface area contributed by atoms with E-state index < -0.39 is 0 Å². The summed E-state index contributed by atoms with van der Waals surface area (Å²) in [5.41, 5.74) is 1.38. The number of hydrogen-bond acceptors (Lipinski definition) is 4. The molecule has 0 aromatic heterocycles. The summed E-state index contributed by atoms with van der Waals surface area (Å²) in [6.45, 7) is 5.58. The number of rotatable bonds is 11. The van der Waals surface area contributed by atoms with E-state index >= 15 is 0 Å². The first-order valence-electron chi connectivity index (χ1n) is 11.0. The number of nitrogens with zero attached hydrogens (tertiary/aromatic N) is 2. The molecule has 1 fully saturated rings. The lowest BCUT2D eigenvalue weighted by Gasteiger charge is -2.26. The molecule has 2 aromatic carbocycles. The molecule has 2 aromatic rings. The predicted octanol–water partition coefficient (Wildman–Crippen LogP) is 5.73. The van der Waals surface area contributed by atoms with Gasteiger partial charge in [0.15, 0.2) is 0 Å². The van der Waals surface area contributed by atoms with E-state index in [9.17, 15) is 0 Å². The molecule has 0 spiro atoms. The van der Waals surface area contributed by atoms with Crippen molar-refractivity contribution in [1.29, 1.82) is 0 Å². The Labute approximate surface area is 181 Å². The fraction of sp³-hybridized carbons (Fsp3) is 0.520. The molecule has 0 radical (unpaired) electrons. The van der Waals surface area contributed by atoms with Crippen molar-refractivity contribution in [3.63, 3.8) is 0 Å². The van der Waals surface area contributed by atoms with Gasteiger partial charge in [-0.2, -0.15) is 0 Å². The molecule has 1 saturated heterocycles. The maximum Gasteiger partial charge on any atom is 0.119 e. The van der Waals surface area contributed by atoms with Crippen LogP contribution in [0, 0.1) is 0 Å². The molecule has 3 nitrogen and oxygen atoms in total. The molecule has 0 amide bonds. The number of benzene rings is 2. The Morgan fingerprint density at radius 2 is 1.69 bits per heavy atom. The Morgan fingerprint density at radius 3 is 2.38 bits per heavy atom. The summed E-state index contributed by atoms with van der Waals surface area (Å²) in [4.78, 5) is 6.17. The Kier molecular flexibility index (Phi) is 9.39. The Hall–Kier alpha value is -1.49. The summed E-state index contributed by atoms with van der Waals surface area (Å²) < 4.78 is 6.01. The van der Waals surface area contributed by atoms with Crippen LogP contribution in [0.2, 0.25) is 0 Å². The minimum absolute atomic E-state index is 0.452. The van der Waals surface area contributed by atoms with E-state index in [2.05, 4.69) is 78.5 Å². The summed E-state index contributed by atoms with van der Waals surface area (Å²) >= 11 is 1.95. The van der Waals surface area contributed by atoms with Crippen molar-refractivity contribution >= 4 is 11.8 Å². The lowest BCUT2D eigenvalue weighted by Crippen LogP contribution is -2.31. The minimum Gasteiger partial charge on any atom is -0.494 e. The lowest BCUT2D eigenvalue weighted by molar-refractivity contribution is 0.205. The molecular formula is C25H36N2OS. The standard InChI is InChI=1S/C25H36N2OS/c1-26(2)20-16-25(29-24-10-5-3-6-11-24)22-12-14-23(15-13-22)28-21-9-19-27-17-7-4-8-18-27/h3,5-6,10-15,25H,4,7-9,16-21H2,1-2H3. The van der Waals surface area contributed by atoms with Gasteiger partial charge >= 0.3 is 0 Å². The van der Waals surface area contributed by atoms with Gasteiger partial charge in [-0.25, -0.2) is 0 Å². The molecule has 0 aliphatic carbocycles. The van der Waals surface area contributed by atoms with E-state index in [1.807, 2.05) is 11.8 Å². The van der Waals surface area contributed by atoms with Crippen LogP contribution in [0.25, 0.3) is 0 Å². The second-order valence-corrected chi connectivity index (χ2v) is 9.46. The zero-order valence-electron chi connectivity index (χ0n) is 18.1. The molecule has 3 rings (SSSR count). The molecule has 1 unspecified atom stereocenters. The van der Waals surface area contributed by atoms with Gasteiger partial charge < -0.3 is 14.5 Å². The molecule has 29 heavy (non-hydrogen) atoms. The number of ether oxygens (including phenoxy) is 1. The third-order valence-corrected chi connectivity index (χ3v) is 6.78. The van der Waals surface area contributed by atoms with Crippen LogP contribution in [0.15, 0.2) is 59.5 Å². The van der Waals surface area contributed by atoms with E-state index in [1.54, 1.807) is 0 Å². The van der Waals surface area contributed by atoms with Gasteiger partial charge in [0.05, 0.1) is 6.61 Å². The van der Waals surface area contributed by atoms with Crippen LogP contribution in [0.1, 0.15) is 42.9 Å². The molecule has 0 bridgehead atoms. The highest BCUT2D eigenvalue weighted by atomic mass is 32.2. The largest absolute Gasteiger partial charge is 0.494 e. The van der Waals surface area contributed by atoms with Gasteiger partial charge in [0, 0.05) is 16.7 Å². The maximum absolute atomic E-state index is 6.01. The van der Waals surface area contributed by atoms with E-state index in [-0.39, 0.29) is 0 Å². The van der Waals surface area contributed by atoms with E-state index in [0.29, 0.717) is 5.25 Å². The van der Waals surface area contributed by atoms with Gasteiger partial charge in [0.25, 0.3) is 0 Å². The normalized spacial score (nSPS) is 16.1. The first-order valence-corrected chi connectivity index (χ1v) is 11.9. The quantitative estimate of drug-likeness (QED) is 0.346. The van der Waals surface area contributed by atoms with Crippen molar-refractivity contribution in [2.45, 2.75) is 42.2 Å². The number of hydrogen-bond donors (Lipinski definition) is 0. The Bertz CT molecular complexity index is 684. The molecule has 1 heterocycles. The highest BCUT2D eigenvalue weighted by molar-refractivity contribution is 7.99. The van der Waals surface area contributed by atoms with Gasteiger partial charge in [-0.3, -0.25) is 0 Å². The van der Waals surface area contributed by atoms with Crippen molar-refractivity contribution < 1.29 is 4.74 Å². The monoisotopic (exact) mass is 412 g/mol. The number of thioether (sulfide) groups is 1. The Morgan fingerprint density at radius 1 is 0.966 bits per heavy atom. The van der Waals surface area contributed by atoms with Crippen LogP contribution in [0.3, 0.4) is 0 Å². The van der Waals surface area contributed by atoms with E-state index in [4.69, 9.17) is 4.74 Å². The fourth-order valence-electron chi connectivity index (χ4n) is 3.77. The summed E-state index contributed by atoms with van der Waals surface area (Å²) in [5, 5.41) is 0.452. The molecular weight excluding hydrogens is 376 g/mol. The average molecular weight is 413 g/mol.